The maximum atomic E-state index is 11.8. The van der Waals surface area contributed by atoms with E-state index in [1.807, 2.05) is 6.07 Å². The van der Waals surface area contributed by atoms with E-state index in [-0.39, 0.29) is 84.0 Å². The highest BCUT2D eigenvalue weighted by atomic mass is 16.3. The van der Waals surface area contributed by atoms with E-state index in [2.05, 4.69) is 0 Å². The quantitative estimate of drug-likeness (QED) is 0.165. The van der Waals surface area contributed by atoms with Crippen molar-refractivity contribution in [2.75, 3.05) is 9.80 Å². The molecule has 382 valence electrons. The zero-order valence-electron chi connectivity index (χ0n) is 72.9. The molecule has 0 fully saturated rings. The van der Waals surface area contributed by atoms with Gasteiger partial charge in [0.2, 0.25) is 6.71 Å². The monoisotopic (exact) mass is 1040 g/mol. The van der Waals surface area contributed by atoms with Crippen molar-refractivity contribution in [2.24, 2.45) is 0 Å². The zero-order chi connectivity index (χ0) is 78.5. The average Bonchev–Trinajstić information content (AvgIpc) is 1.22. The SMILES string of the molecule is [2H]c1c([2H])c2c3c(c1[2H])-n1c4c([2H])c([2H])c(C(C)(C)C)c([2H])c4c4c([2H])c(C(C)(C)C)c([2H])c(c41)C3c1c([2H])c(C#N)c([2H])c3c1B2c1c([2H])c([2H])c(N(c2c([2H])c([2H])c(C(C)(C)C)c([2H])c2[2H])c2c([2H])c([2H])c(C(C)(C)C)c([2H])c2[2H])c([2H])c1N3c1c([2H])c([2H])c([2H])c2oc3c([2H])c([2H])c([2H])c([2H])c3c12. The lowest BCUT2D eigenvalue weighted by molar-refractivity contribution is 0.589. The number of rotatable bonds is 4. The summed E-state index contributed by atoms with van der Waals surface area (Å²) in [5.41, 5.74) is -14.9. The number of aromatic nitrogens is 1. The molecular formula is C72H65BN4O. The highest BCUT2D eigenvalue weighted by molar-refractivity contribution is 6.99. The van der Waals surface area contributed by atoms with Crippen molar-refractivity contribution in [1.82, 2.24) is 4.57 Å². The minimum absolute atomic E-state index is 0.0302. The lowest BCUT2D eigenvalue weighted by Gasteiger charge is -2.45. The van der Waals surface area contributed by atoms with Crippen LogP contribution in [0.3, 0.4) is 0 Å². The molecule has 78 heavy (non-hydrogen) atoms. The number of hydrogen-bond donors (Lipinski definition) is 0. The molecule has 9 aromatic carbocycles. The predicted octanol–water partition coefficient (Wildman–Crippen LogP) is 17.3. The van der Waals surface area contributed by atoms with Crippen molar-refractivity contribution >= 4 is 101 Å². The third-order valence-corrected chi connectivity index (χ3v) is 14.8. The van der Waals surface area contributed by atoms with Crippen LogP contribution in [0.5, 0.6) is 0 Å². The van der Waals surface area contributed by atoms with Gasteiger partial charge >= 0.3 is 0 Å². The zero-order valence-corrected chi connectivity index (χ0v) is 44.9. The maximum absolute atomic E-state index is 11.8. The number of para-hydroxylation sites is 1. The molecule has 0 saturated carbocycles. The number of anilines is 6. The maximum Gasteiger partial charge on any atom is 0.247 e. The first-order valence-corrected chi connectivity index (χ1v) is 25.6. The van der Waals surface area contributed by atoms with Crippen LogP contribution >= 0.6 is 0 Å². The Morgan fingerprint density at radius 2 is 1.10 bits per heavy atom. The highest BCUT2D eigenvalue weighted by Crippen LogP contribution is 2.53. The summed E-state index contributed by atoms with van der Waals surface area (Å²) in [6.07, 6.45) is 0. The van der Waals surface area contributed by atoms with E-state index >= 15 is 0 Å². The highest BCUT2D eigenvalue weighted by Gasteiger charge is 2.48. The van der Waals surface area contributed by atoms with E-state index < -0.39 is 264 Å². The topological polar surface area (TPSA) is 48.3 Å². The lowest BCUT2D eigenvalue weighted by Crippen LogP contribution is -2.62. The predicted molar refractivity (Wildman–Crippen MR) is 329 cm³/mol. The molecule has 0 amide bonds. The molecule has 5 nitrogen and oxygen atoms in total. The Kier molecular flexibility index (Phi) is 5.64. The number of nitriles is 1. The summed E-state index contributed by atoms with van der Waals surface area (Å²) in [5, 5.41) is 10.5. The van der Waals surface area contributed by atoms with Crippen molar-refractivity contribution in [3.05, 3.63) is 214 Å². The normalized spacial score (nSPS) is 19.8. The average molecular weight is 1040 g/mol. The summed E-state index contributed by atoms with van der Waals surface area (Å²) in [5.74, 6) is -1.78. The van der Waals surface area contributed by atoms with Crippen molar-refractivity contribution in [2.45, 2.75) is 111 Å². The van der Waals surface area contributed by atoms with Gasteiger partial charge < -0.3 is 18.8 Å². The Balaban J connectivity index is 1.30. The van der Waals surface area contributed by atoms with E-state index in [1.165, 1.54) is 4.57 Å². The van der Waals surface area contributed by atoms with Gasteiger partial charge in [0.05, 0.1) is 72.1 Å². The Morgan fingerprint density at radius 3 is 1.77 bits per heavy atom. The third kappa shape index (κ3) is 7.06. The van der Waals surface area contributed by atoms with Gasteiger partial charge in [-0.25, -0.2) is 0 Å². The summed E-state index contributed by atoms with van der Waals surface area (Å²) in [6, 6.07) is -20.4. The van der Waals surface area contributed by atoms with Crippen molar-refractivity contribution in [3.63, 3.8) is 0 Å². The van der Waals surface area contributed by atoms with Gasteiger partial charge in [0.25, 0.3) is 0 Å². The van der Waals surface area contributed by atoms with Gasteiger partial charge in [-0.2, -0.15) is 5.26 Å². The molecule has 1 unspecified atom stereocenters. The molecule has 14 rings (SSSR count). The number of nitrogens with zero attached hydrogens (tertiary/aromatic N) is 4. The van der Waals surface area contributed by atoms with Gasteiger partial charge in [-0.1, -0.05) is 167 Å². The molecule has 0 bridgehead atoms. The molecule has 3 aliphatic heterocycles. The second-order valence-corrected chi connectivity index (χ2v) is 24.2. The standard InChI is InChI=1S/C72H65BN4O/c1-69(2,3)43-23-28-47(29-24-43)75(48-30-25-44(26-31-48)70(4,5)6)49-32-33-55-60(40-49)76(58-20-16-22-63-65(58)50-17-13-14-21-62(50)78-63)61-36-42(41-74)35-53-64-54-39-46(72(10,11)12)38-52-51-37-45(71(7,8)9)27-34-57(51)77(68(52)54)59-19-15-18-56(66(59)64)73(55)67(53)61/h13-40,64H,1-12H3/i13D,14D,15D,16D,17D,18D,19D,20D,21D,22D,23D,24D,25D,26D,27D,28D,29D,30D,31D,32D,33D,34D,35D,36D,37D,38D,39D,40D. The van der Waals surface area contributed by atoms with Gasteiger partial charge in [-0.3, -0.25) is 0 Å². The molecule has 0 N–H and O–H groups in total. The largest absolute Gasteiger partial charge is 0.456 e. The molecule has 6 heteroatoms. The van der Waals surface area contributed by atoms with Crippen LogP contribution in [0.25, 0.3) is 49.4 Å². The summed E-state index contributed by atoms with van der Waals surface area (Å²) in [7, 11) is 0. The fraction of sp³-hybridized carbons (Fsp3) is 0.236. The van der Waals surface area contributed by atoms with Crippen LogP contribution in [-0.4, -0.2) is 11.3 Å². The number of fused-ring (bicyclic) bond motifs is 12. The van der Waals surface area contributed by atoms with Gasteiger partial charge in [-0.05, 0) is 162 Å². The summed E-state index contributed by atoms with van der Waals surface area (Å²) in [4.78, 5) is 1.48. The van der Waals surface area contributed by atoms with E-state index in [4.69, 9.17) is 8.53 Å². The summed E-state index contributed by atoms with van der Waals surface area (Å²) < 4.78 is 287. The lowest BCUT2D eigenvalue weighted by atomic mass is 9.30. The van der Waals surface area contributed by atoms with Crippen LogP contribution in [0.1, 0.15) is 172 Å². The van der Waals surface area contributed by atoms with Gasteiger partial charge in [0.1, 0.15) is 11.2 Å². The van der Waals surface area contributed by atoms with Crippen LogP contribution in [0, 0.1) is 11.3 Å². The Hall–Kier alpha value is -8.27. The molecule has 0 aliphatic carbocycles. The minimum Gasteiger partial charge on any atom is -0.456 e. The molecule has 0 saturated heterocycles. The fourth-order valence-electron chi connectivity index (χ4n) is 10.9. The smallest absolute Gasteiger partial charge is 0.247 e. The van der Waals surface area contributed by atoms with E-state index in [1.54, 1.807) is 83.1 Å². The minimum atomic E-state index is -2.06. The number of furan rings is 1. The van der Waals surface area contributed by atoms with Crippen molar-refractivity contribution in [1.29, 1.82) is 5.26 Å². The van der Waals surface area contributed by atoms with Gasteiger partial charge in [-0.15, -0.1) is 0 Å². The van der Waals surface area contributed by atoms with Crippen molar-refractivity contribution in [3.8, 4) is 11.8 Å². The second kappa shape index (κ2) is 16.4. The third-order valence-electron chi connectivity index (χ3n) is 14.8. The molecule has 3 aliphatic rings. The van der Waals surface area contributed by atoms with E-state index in [0.717, 1.165) is 4.90 Å². The first-order valence-electron chi connectivity index (χ1n) is 39.6. The Morgan fingerprint density at radius 1 is 0.500 bits per heavy atom. The Bertz CT molecular complexity index is 5960. The molecule has 2 aromatic heterocycles. The first-order chi connectivity index (χ1) is 48.9. The van der Waals surface area contributed by atoms with E-state index in [0.29, 0.717) is 4.90 Å². The van der Waals surface area contributed by atoms with Crippen LogP contribution in [-0.2, 0) is 21.7 Å². The van der Waals surface area contributed by atoms with Crippen LogP contribution in [0.15, 0.2) is 174 Å². The number of hydrogen-bond acceptors (Lipinski definition) is 4. The van der Waals surface area contributed by atoms with Crippen LogP contribution in [0.4, 0.5) is 34.1 Å². The molecule has 1 atom stereocenters. The van der Waals surface area contributed by atoms with Crippen molar-refractivity contribution < 1.29 is 42.8 Å². The van der Waals surface area contributed by atoms with Crippen LogP contribution in [0.2, 0.25) is 0 Å². The van der Waals surface area contributed by atoms with Gasteiger partial charge in [0, 0.05) is 56.2 Å². The summed E-state index contributed by atoms with van der Waals surface area (Å²) >= 11 is 0. The van der Waals surface area contributed by atoms with Gasteiger partial charge in [0.15, 0.2) is 0 Å². The molecular weight excluding hydrogens is 948 g/mol. The first kappa shape index (κ1) is 26.9. The number of benzene rings is 9. The molecule has 5 heterocycles. The fourth-order valence-corrected chi connectivity index (χ4v) is 10.9. The molecule has 11 aromatic rings. The summed E-state index contributed by atoms with van der Waals surface area (Å²) in [6.45, 7) is 17.9. The van der Waals surface area contributed by atoms with Crippen LogP contribution < -0.4 is 26.2 Å². The second-order valence-electron chi connectivity index (χ2n) is 24.2. The Labute approximate surface area is 498 Å². The molecule has 0 spiro atoms. The van der Waals surface area contributed by atoms with E-state index in [9.17, 15) is 39.5 Å². The molecule has 0 radical (unpaired) electrons.